The molecule has 1 amide bonds. The Balaban J connectivity index is 1.44. The maximum Gasteiger partial charge on any atom is 0.345 e. The molecule has 152 valence electrons. The molecule has 0 saturated heterocycles. The third-order valence-corrected chi connectivity index (χ3v) is 4.83. The summed E-state index contributed by atoms with van der Waals surface area (Å²) >= 11 is 0. The van der Waals surface area contributed by atoms with E-state index in [4.69, 9.17) is 9.47 Å². The van der Waals surface area contributed by atoms with Gasteiger partial charge in [-0.1, -0.05) is 78.9 Å². The molecular formula is C25H23NO4. The summed E-state index contributed by atoms with van der Waals surface area (Å²) in [5.74, 6) is -0.321. The second-order valence-corrected chi connectivity index (χ2v) is 7.21. The van der Waals surface area contributed by atoms with Gasteiger partial charge in [-0.25, -0.2) is 4.79 Å². The van der Waals surface area contributed by atoms with Gasteiger partial charge < -0.3 is 14.8 Å². The van der Waals surface area contributed by atoms with Crippen LogP contribution in [-0.4, -0.2) is 24.5 Å². The maximum absolute atomic E-state index is 12.6. The molecule has 0 unspecified atom stereocenters. The van der Waals surface area contributed by atoms with E-state index in [9.17, 15) is 9.59 Å². The predicted octanol–water partition coefficient (Wildman–Crippen LogP) is 4.30. The van der Waals surface area contributed by atoms with Gasteiger partial charge in [-0.15, -0.1) is 0 Å². The second kappa shape index (κ2) is 9.27. The zero-order valence-corrected chi connectivity index (χ0v) is 16.5. The fraction of sp³-hybridized carbons (Fsp3) is 0.200. The fourth-order valence-corrected chi connectivity index (χ4v) is 3.16. The van der Waals surface area contributed by atoms with E-state index in [2.05, 4.69) is 5.32 Å². The van der Waals surface area contributed by atoms with Crippen molar-refractivity contribution < 1.29 is 19.1 Å². The van der Waals surface area contributed by atoms with Crippen molar-refractivity contribution in [2.75, 3.05) is 6.61 Å². The van der Waals surface area contributed by atoms with Crippen molar-refractivity contribution in [3.63, 3.8) is 0 Å². The summed E-state index contributed by atoms with van der Waals surface area (Å²) in [7, 11) is 0. The molecule has 1 atom stereocenters. The Labute approximate surface area is 175 Å². The van der Waals surface area contributed by atoms with E-state index in [1.807, 2.05) is 72.8 Å². The van der Waals surface area contributed by atoms with Crippen LogP contribution in [0.4, 0.5) is 0 Å². The molecule has 4 rings (SSSR count). The lowest BCUT2D eigenvalue weighted by Gasteiger charge is -2.18. The van der Waals surface area contributed by atoms with Crippen LogP contribution in [0.2, 0.25) is 0 Å². The van der Waals surface area contributed by atoms with Crippen LogP contribution in [0.3, 0.4) is 0 Å². The Bertz CT molecular complexity index is 1000. The number of carbonyl (C=O) groups excluding carboxylic acids is 2. The smallest absolute Gasteiger partial charge is 0.345 e. The van der Waals surface area contributed by atoms with Crippen LogP contribution in [0.1, 0.15) is 24.5 Å². The predicted molar refractivity (Wildman–Crippen MR) is 114 cm³/mol. The fourth-order valence-electron chi connectivity index (χ4n) is 3.16. The van der Waals surface area contributed by atoms with Crippen molar-refractivity contribution >= 4 is 11.9 Å². The van der Waals surface area contributed by atoms with E-state index in [0.717, 1.165) is 24.0 Å². The Morgan fingerprint density at radius 3 is 2.20 bits per heavy atom. The Hall–Kier alpha value is -3.60. The number of carbonyl (C=O) groups is 2. The van der Waals surface area contributed by atoms with Gasteiger partial charge in [0.1, 0.15) is 5.75 Å². The molecule has 0 aromatic heterocycles. The molecule has 0 heterocycles. The molecule has 0 aliphatic heterocycles. The average Bonchev–Trinajstić information content (AvgIpc) is 3.61. The van der Waals surface area contributed by atoms with Gasteiger partial charge in [0, 0.05) is 17.2 Å². The highest BCUT2D eigenvalue weighted by Crippen LogP contribution is 2.29. The third kappa shape index (κ3) is 5.06. The quantitative estimate of drug-likeness (QED) is 0.572. The van der Waals surface area contributed by atoms with E-state index in [-0.39, 0.29) is 18.6 Å². The zero-order valence-electron chi connectivity index (χ0n) is 16.5. The SMILES string of the molecule is O=C(COc1ccccc1-c1ccccc1)O[C@@H](C(=O)NC1CC1)c1ccccc1. The minimum Gasteiger partial charge on any atom is -0.481 e. The average molecular weight is 401 g/mol. The first-order valence-electron chi connectivity index (χ1n) is 10.0. The Kier molecular flexibility index (Phi) is 6.09. The van der Waals surface area contributed by atoms with Gasteiger partial charge in [0.25, 0.3) is 5.91 Å². The molecule has 1 fully saturated rings. The van der Waals surface area contributed by atoms with Crippen molar-refractivity contribution in [2.24, 2.45) is 0 Å². The van der Waals surface area contributed by atoms with Crippen LogP contribution < -0.4 is 10.1 Å². The number of ether oxygens (including phenoxy) is 2. The first-order valence-corrected chi connectivity index (χ1v) is 10.0. The summed E-state index contributed by atoms with van der Waals surface area (Å²) in [6.07, 6.45) is 0.925. The minimum atomic E-state index is -0.993. The van der Waals surface area contributed by atoms with Crippen LogP contribution in [0.25, 0.3) is 11.1 Å². The van der Waals surface area contributed by atoms with Crippen LogP contribution >= 0.6 is 0 Å². The van der Waals surface area contributed by atoms with Crippen LogP contribution in [0, 0.1) is 0 Å². The Morgan fingerprint density at radius 2 is 1.50 bits per heavy atom. The number of amides is 1. The van der Waals surface area contributed by atoms with E-state index in [0.29, 0.717) is 11.3 Å². The molecular weight excluding hydrogens is 378 g/mol. The standard InChI is InChI=1S/C25H23NO4/c27-23(17-29-22-14-8-7-13-21(22)18-9-3-1-4-10-18)30-24(19-11-5-2-6-12-19)25(28)26-20-15-16-20/h1-14,20,24H,15-17H2,(H,26,28)/t24-/m1/s1. The van der Waals surface area contributed by atoms with Crippen molar-refractivity contribution in [3.8, 4) is 16.9 Å². The van der Waals surface area contributed by atoms with Gasteiger partial charge in [0.15, 0.2) is 6.61 Å². The van der Waals surface area contributed by atoms with E-state index in [1.54, 1.807) is 12.1 Å². The maximum atomic E-state index is 12.6. The summed E-state index contributed by atoms with van der Waals surface area (Å²) in [6, 6.07) is 26.5. The molecule has 1 aliphatic rings. The highest BCUT2D eigenvalue weighted by molar-refractivity contribution is 5.85. The number of rotatable bonds is 8. The van der Waals surface area contributed by atoms with E-state index < -0.39 is 12.1 Å². The van der Waals surface area contributed by atoms with Crippen LogP contribution in [0.15, 0.2) is 84.9 Å². The van der Waals surface area contributed by atoms with Gasteiger partial charge in [-0.3, -0.25) is 4.79 Å². The summed E-state index contributed by atoms with van der Waals surface area (Å²) in [4.78, 5) is 25.1. The van der Waals surface area contributed by atoms with E-state index >= 15 is 0 Å². The van der Waals surface area contributed by atoms with Gasteiger partial charge in [-0.2, -0.15) is 0 Å². The molecule has 3 aromatic carbocycles. The normalized spacial score (nSPS) is 13.9. The molecule has 1 N–H and O–H groups in total. The summed E-state index contributed by atoms with van der Waals surface area (Å²) < 4.78 is 11.3. The summed E-state index contributed by atoms with van der Waals surface area (Å²) in [5, 5.41) is 2.91. The first kappa shape index (κ1) is 19.7. The number of hydrogen-bond acceptors (Lipinski definition) is 4. The van der Waals surface area contributed by atoms with Crippen molar-refractivity contribution in [1.82, 2.24) is 5.32 Å². The molecule has 0 radical (unpaired) electrons. The number of para-hydroxylation sites is 1. The molecule has 5 nitrogen and oxygen atoms in total. The minimum absolute atomic E-state index is 0.177. The van der Waals surface area contributed by atoms with Gasteiger partial charge in [-0.05, 0) is 24.5 Å². The molecule has 0 spiro atoms. The molecule has 0 bridgehead atoms. The van der Waals surface area contributed by atoms with Gasteiger partial charge in [0.2, 0.25) is 6.10 Å². The largest absolute Gasteiger partial charge is 0.481 e. The van der Waals surface area contributed by atoms with E-state index in [1.165, 1.54) is 0 Å². The molecule has 1 aliphatic carbocycles. The second-order valence-electron chi connectivity index (χ2n) is 7.21. The highest BCUT2D eigenvalue weighted by atomic mass is 16.6. The molecule has 1 saturated carbocycles. The molecule has 3 aromatic rings. The van der Waals surface area contributed by atoms with Crippen molar-refractivity contribution in [2.45, 2.75) is 25.0 Å². The third-order valence-electron chi connectivity index (χ3n) is 4.83. The van der Waals surface area contributed by atoms with Crippen LogP contribution in [0.5, 0.6) is 5.75 Å². The number of nitrogens with one attached hydrogen (secondary N) is 1. The Morgan fingerprint density at radius 1 is 0.867 bits per heavy atom. The summed E-state index contributed by atoms with van der Waals surface area (Å²) in [6.45, 7) is -0.288. The molecule has 30 heavy (non-hydrogen) atoms. The lowest BCUT2D eigenvalue weighted by molar-refractivity contribution is -0.158. The van der Waals surface area contributed by atoms with Crippen LogP contribution in [-0.2, 0) is 14.3 Å². The number of esters is 1. The monoisotopic (exact) mass is 401 g/mol. The first-order chi connectivity index (χ1) is 14.7. The summed E-state index contributed by atoms with van der Waals surface area (Å²) in [5.41, 5.74) is 2.51. The number of benzene rings is 3. The topological polar surface area (TPSA) is 64.6 Å². The highest BCUT2D eigenvalue weighted by Gasteiger charge is 2.30. The molecule has 5 heteroatoms. The van der Waals surface area contributed by atoms with Crippen molar-refractivity contribution in [3.05, 3.63) is 90.5 Å². The lowest BCUT2D eigenvalue weighted by Crippen LogP contribution is -2.34. The lowest BCUT2D eigenvalue weighted by atomic mass is 10.1. The van der Waals surface area contributed by atoms with Crippen molar-refractivity contribution in [1.29, 1.82) is 0 Å². The number of hydrogen-bond donors (Lipinski definition) is 1. The zero-order chi connectivity index (χ0) is 20.8. The van der Waals surface area contributed by atoms with Gasteiger partial charge in [0.05, 0.1) is 0 Å². The van der Waals surface area contributed by atoms with Gasteiger partial charge >= 0.3 is 5.97 Å².